The molecule has 1 aromatic carbocycles. The lowest BCUT2D eigenvalue weighted by Gasteiger charge is -2.00. The summed E-state index contributed by atoms with van der Waals surface area (Å²) in [5.41, 5.74) is 0.423. The highest BCUT2D eigenvalue weighted by atomic mass is 79.9. The third-order valence-corrected chi connectivity index (χ3v) is 3.01. The minimum atomic E-state index is -0.312. The van der Waals surface area contributed by atoms with Crippen LogP contribution >= 0.6 is 15.9 Å². The maximum absolute atomic E-state index is 13.7. The van der Waals surface area contributed by atoms with Gasteiger partial charge in [0.2, 0.25) is 0 Å². The Hall–Kier alpha value is -1.20. The van der Waals surface area contributed by atoms with Gasteiger partial charge in [-0.15, -0.1) is 0 Å². The normalized spacial score (nSPS) is 10.8. The van der Waals surface area contributed by atoms with Crippen molar-refractivity contribution in [3.63, 3.8) is 0 Å². The highest BCUT2D eigenvalue weighted by Gasteiger charge is 2.11. The van der Waals surface area contributed by atoms with Crippen molar-refractivity contribution in [3.05, 3.63) is 40.6 Å². The van der Waals surface area contributed by atoms with Crippen molar-refractivity contribution in [2.45, 2.75) is 13.3 Å². The molecule has 0 spiro atoms. The van der Waals surface area contributed by atoms with E-state index < -0.39 is 0 Å². The van der Waals surface area contributed by atoms with Crippen LogP contribution in [0.1, 0.15) is 12.8 Å². The van der Waals surface area contributed by atoms with E-state index in [2.05, 4.69) is 26.2 Å². The van der Waals surface area contributed by atoms with Gasteiger partial charge in [0.25, 0.3) is 0 Å². The summed E-state index contributed by atoms with van der Waals surface area (Å²) in [7, 11) is 0. The summed E-state index contributed by atoms with van der Waals surface area (Å²) < 4.78 is 20.0. The monoisotopic (exact) mass is 312 g/mol. The zero-order valence-corrected chi connectivity index (χ0v) is 11.6. The molecule has 3 nitrogen and oxygen atoms in total. The number of hydrogen-bond acceptors (Lipinski definition) is 3. The third-order valence-electron chi connectivity index (χ3n) is 2.51. The second-order valence-electron chi connectivity index (χ2n) is 3.85. The molecule has 2 rings (SSSR count). The summed E-state index contributed by atoms with van der Waals surface area (Å²) in [6.07, 6.45) is 2.26. The fourth-order valence-electron chi connectivity index (χ4n) is 1.61. The van der Waals surface area contributed by atoms with Crippen molar-refractivity contribution in [1.82, 2.24) is 10.3 Å². The van der Waals surface area contributed by atoms with Gasteiger partial charge in [0.1, 0.15) is 5.82 Å². The van der Waals surface area contributed by atoms with E-state index in [0.29, 0.717) is 23.6 Å². The Kier molecular flexibility index (Phi) is 4.49. The molecule has 0 unspecified atom stereocenters. The average Bonchev–Trinajstić information content (AvgIpc) is 2.81. The van der Waals surface area contributed by atoms with Crippen molar-refractivity contribution >= 4 is 15.9 Å². The number of aromatic nitrogens is 1. The Morgan fingerprint density at radius 3 is 3.06 bits per heavy atom. The van der Waals surface area contributed by atoms with Gasteiger partial charge in [-0.25, -0.2) is 9.37 Å². The van der Waals surface area contributed by atoms with Crippen molar-refractivity contribution in [1.29, 1.82) is 0 Å². The molecule has 0 aliphatic heterocycles. The van der Waals surface area contributed by atoms with Crippen LogP contribution < -0.4 is 5.32 Å². The molecule has 2 aromatic rings. The Morgan fingerprint density at radius 2 is 2.28 bits per heavy atom. The van der Waals surface area contributed by atoms with Gasteiger partial charge in [-0.3, -0.25) is 0 Å². The van der Waals surface area contributed by atoms with Gasteiger partial charge in [0, 0.05) is 17.4 Å². The van der Waals surface area contributed by atoms with E-state index in [1.54, 1.807) is 18.3 Å². The van der Waals surface area contributed by atoms with Crippen molar-refractivity contribution in [2.24, 2.45) is 0 Å². The first kappa shape index (κ1) is 13.2. The summed E-state index contributed by atoms with van der Waals surface area (Å²) in [6.45, 7) is 3.75. The van der Waals surface area contributed by atoms with Gasteiger partial charge in [-0.05, 0) is 24.7 Å². The lowest BCUT2D eigenvalue weighted by Crippen LogP contribution is -2.16. The summed E-state index contributed by atoms with van der Waals surface area (Å²) in [4.78, 5) is 4.15. The number of rotatable bonds is 5. The summed E-state index contributed by atoms with van der Waals surface area (Å²) >= 11 is 3.31. The highest BCUT2D eigenvalue weighted by Crippen LogP contribution is 2.26. The Morgan fingerprint density at radius 1 is 1.44 bits per heavy atom. The summed E-state index contributed by atoms with van der Waals surface area (Å²) in [5.74, 6) is 0.762. The molecule has 18 heavy (non-hydrogen) atoms. The number of benzene rings is 1. The lowest BCUT2D eigenvalue weighted by molar-refractivity contribution is 0.494. The smallest absolute Gasteiger partial charge is 0.196 e. The molecule has 0 saturated carbocycles. The zero-order valence-electron chi connectivity index (χ0n) is 10.0. The first-order chi connectivity index (χ1) is 8.70. The lowest BCUT2D eigenvalue weighted by atomic mass is 10.2. The average molecular weight is 313 g/mol. The molecule has 1 aromatic heterocycles. The number of hydrogen-bond donors (Lipinski definition) is 1. The summed E-state index contributed by atoms with van der Waals surface area (Å²) in [6, 6.07) is 4.74. The van der Waals surface area contributed by atoms with Gasteiger partial charge in [-0.1, -0.05) is 22.9 Å². The highest BCUT2D eigenvalue weighted by molar-refractivity contribution is 9.10. The molecule has 0 aliphatic rings. The fraction of sp³-hybridized carbons (Fsp3) is 0.308. The molecular formula is C13H14BrFN2O. The molecule has 5 heteroatoms. The molecule has 0 radical (unpaired) electrons. The largest absolute Gasteiger partial charge is 0.441 e. The van der Waals surface area contributed by atoms with Crippen molar-refractivity contribution in [2.75, 3.05) is 13.1 Å². The number of halogens is 2. The predicted molar refractivity (Wildman–Crippen MR) is 71.8 cm³/mol. The van der Waals surface area contributed by atoms with E-state index in [9.17, 15) is 4.39 Å². The van der Waals surface area contributed by atoms with Crippen LogP contribution in [-0.2, 0) is 6.42 Å². The Bertz CT molecular complexity index is 527. The number of nitrogens with one attached hydrogen (secondary N) is 1. The van der Waals surface area contributed by atoms with Crippen molar-refractivity contribution in [3.8, 4) is 11.3 Å². The van der Waals surface area contributed by atoms with Crippen LogP contribution in [0.5, 0.6) is 0 Å². The Labute approximate surface area is 114 Å². The minimum Gasteiger partial charge on any atom is -0.441 e. The van der Waals surface area contributed by atoms with Gasteiger partial charge in [0.15, 0.2) is 11.7 Å². The number of oxazole rings is 1. The minimum absolute atomic E-state index is 0.312. The van der Waals surface area contributed by atoms with E-state index in [1.165, 1.54) is 6.07 Å². The fourth-order valence-corrected chi connectivity index (χ4v) is 1.97. The molecule has 0 amide bonds. The molecule has 0 fully saturated rings. The predicted octanol–water partition coefficient (Wildman–Crippen LogP) is 3.40. The summed E-state index contributed by atoms with van der Waals surface area (Å²) in [5, 5.41) is 3.18. The standard InChI is InChI=1S/C13H14BrFN2O/c1-2-16-6-5-13-17-8-12(18-13)10-7-9(14)3-4-11(10)15/h3-4,7-8,16H,2,5-6H2,1H3. The quantitative estimate of drug-likeness (QED) is 0.860. The van der Waals surface area contributed by atoms with E-state index in [4.69, 9.17) is 4.42 Å². The molecular weight excluding hydrogens is 299 g/mol. The Balaban J connectivity index is 2.16. The number of nitrogens with zero attached hydrogens (tertiary/aromatic N) is 1. The topological polar surface area (TPSA) is 38.1 Å². The maximum atomic E-state index is 13.7. The van der Waals surface area contributed by atoms with Crippen LogP contribution in [0.15, 0.2) is 33.3 Å². The SMILES string of the molecule is CCNCCc1ncc(-c2cc(Br)ccc2F)o1. The van der Waals surface area contributed by atoms with Gasteiger partial charge >= 0.3 is 0 Å². The molecule has 0 aliphatic carbocycles. The van der Waals surface area contributed by atoms with Crippen LogP contribution in [0.2, 0.25) is 0 Å². The zero-order chi connectivity index (χ0) is 13.0. The van der Waals surface area contributed by atoms with Crippen LogP contribution in [0.25, 0.3) is 11.3 Å². The first-order valence-electron chi connectivity index (χ1n) is 5.81. The molecule has 0 bridgehead atoms. The van der Waals surface area contributed by atoms with E-state index in [-0.39, 0.29) is 5.82 Å². The maximum Gasteiger partial charge on any atom is 0.196 e. The van der Waals surface area contributed by atoms with E-state index >= 15 is 0 Å². The van der Waals surface area contributed by atoms with Crippen LogP contribution in [0.3, 0.4) is 0 Å². The van der Waals surface area contributed by atoms with Crippen molar-refractivity contribution < 1.29 is 8.81 Å². The van der Waals surface area contributed by atoms with Crippen LogP contribution in [0, 0.1) is 5.82 Å². The molecule has 1 N–H and O–H groups in total. The molecule has 0 saturated heterocycles. The van der Waals surface area contributed by atoms with Gasteiger partial charge in [0.05, 0.1) is 11.8 Å². The van der Waals surface area contributed by atoms with Gasteiger partial charge < -0.3 is 9.73 Å². The van der Waals surface area contributed by atoms with E-state index in [0.717, 1.165) is 17.6 Å². The third kappa shape index (κ3) is 3.17. The molecule has 96 valence electrons. The molecule has 0 atom stereocenters. The number of likely N-dealkylation sites (N-methyl/N-ethyl adjacent to an activating group) is 1. The second kappa shape index (κ2) is 6.11. The van der Waals surface area contributed by atoms with Gasteiger partial charge in [-0.2, -0.15) is 0 Å². The first-order valence-corrected chi connectivity index (χ1v) is 6.61. The second-order valence-corrected chi connectivity index (χ2v) is 4.76. The molecule has 1 heterocycles. The van der Waals surface area contributed by atoms with Crippen LogP contribution in [-0.4, -0.2) is 18.1 Å². The van der Waals surface area contributed by atoms with E-state index in [1.807, 2.05) is 6.92 Å². The van der Waals surface area contributed by atoms with Crippen LogP contribution in [0.4, 0.5) is 4.39 Å².